The van der Waals surface area contributed by atoms with E-state index in [-0.39, 0.29) is 11.8 Å². The molecule has 228 valence electrons. The van der Waals surface area contributed by atoms with Gasteiger partial charge in [-0.05, 0) is 67.3 Å². The van der Waals surface area contributed by atoms with Crippen LogP contribution < -0.4 is 21.1 Å². The summed E-state index contributed by atoms with van der Waals surface area (Å²) in [4.78, 5) is 32.4. The second-order valence-corrected chi connectivity index (χ2v) is 11.4. The van der Waals surface area contributed by atoms with E-state index in [9.17, 15) is 9.59 Å². The van der Waals surface area contributed by atoms with E-state index >= 15 is 0 Å². The van der Waals surface area contributed by atoms with Crippen LogP contribution in [0.15, 0.2) is 66.2 Å². The lowest BCUT2D eigenvalue weighted by atomic mass is 10.0. The normalized spacial score (nSPS) is 11.6. The Bertz CT molecular complexity index is 1840. The molecule has 44 heavy (non-hydrogen) atoms. The number of thiophene rings is 1. The summed E-state index contributed by atoms with van der Waals surface area (Å²) in [6.45, 7) is 7.88. The standard InChI is InChI=1S/C34H38N6O3S/c1-5-40(6-2)17-9-16-36-30(41)15-13-24-20-37-33(35)31-25(21-44-32(24)31)22-12-14-26(29(19-22)43-4)38-34(42)28-18-23-10-7-8-11-27(23)39(28)3/h7-8,10-15,18-21H,5-6,9,16-17H2,1-4H3,(H2,35,37)(H,36,41)(H,38,42)/b15-13+. The van der Waals surface area contributed by atoms with Crippen molar-refractivity contribution in [1.82, 2.24) is 19.8 Å². The summed E-state index contributed by atoms with van der Waals surface area (Å²) in [6.07, 6.45) is 5.91. The molecule has 0 fully saturated rings. The van der Waals surface area contributed by atoms with Gasteiger partial charge in [0.2, 0.25) is 5.91 Å². The highest BCUT2D eigenvalue weighted by atomic mass is 32.1. The molecule has 2 amide bonds. The second kappa shape index (κ2) is 13.7. The zero-order valence-corrected chi connectivity index (χ0v) is 26.3. The molecule has 0 aliphatic carbocycles. The lowest BCUT2D eigenvalue weighted by Gasteiger charge is -2.17. The molecule has 3 aromatic heterocycles. The van der Waals surface area contributed by atoms with E-state index in [4.69, 9.17) is 10.5 Å². The van der Waals surface area contributed by atoms with Crippen LogP contribution in [0.25, 0.3) is 38.2 Å². The fourth-order valence-corrected chi connectivity index (χ4v) is 6.43. The molecular formula is C34H38N6O3S. The van der Waals surface area contributed by atoms with Crippen LogP contribution in [-0.4, -0.2) is 59.6 Å². The van der Waals surface area contributed by atoms with Gasteiger partial charge in [-0.25, -0.2) is 4.98 Å². The van der Waals surface area contributed by atoms with Crippen LogP contribution in [0.2, 0.25) is 0 Å². The first-order valence-electron chi connectivity index (χ1n) is 14.7. The average molecular weight is 611 g/mol. The van der Waals surface area contributed by atoms with Crippen molar-refractivity contribution in [3.63, 3.8) is 0 Å². The average Bonchev–Trinajstić information content (AvgIpc) is 3.64. The lowest BCUT2D eigenvalue weighted by molar-refractivity contribution is -0.116. The fraction of sp³-hybridized carbons (Fsp3) is 0.265. The van der Waals surface area contributed by atoms with Gasteiger partial charge in [-0.15, -0.1) is 11.3 Å². The van der Waals surface area contributed by atoms with Gasteiger partial charge in [0.25, 0.3) is 5.91 Å². The third-order valence-corrected chi connectivity index (χ3v) is 8.89. The number of aryl methyl sites for hydroxylation is 1. The number of ether oxygens (including phenoxy) is 1. The van der Waals surface area contributed by atoms with Crippen molar-refractivity contribution in [2.75, 3.05) is 44.3 Å². The summed E-state index contributed by atoms with van der Waals surface area (Å²) < 4.78 is 8.50. The van der Waals surface area contributed by atoms with Crippen molar-refractivity contribution in [1.29, 1.82) is 0 Å². The fourth-order valence-electron chi connectivity index (χ4n) is 5.35. The zero-order chi connectivity index (χ0) is 31.2. The van der Waals surface area contributed by atoms with Crippen molar-refractivity contribution in [3.05, 3.63) is 77.4 Å². The van der Waals surface area contributed by atoms with Crippen LogP contribution >= 0.6 is 11.3 Å². The second-order valence-electron chi connectivity index (χ2n) is 10.5. The van der Waals surface area contributed by atoms with Gasteiger partial charge in [-0.1, -0.05) is 38.1 Å². The Morgan fingerprint density at radius 2 is 1.93 bits per heavy atom. The number of nitrogens with one attached hydrogen (secondary N) is 2. The summed E-state index contributed by atoms with van der Waals surface area (Å²) in [5.74, 6) is 0.557. The van der Waals surface area contributed by atoms with Crippen LogP contribution in [0.4, 0.5) is 11.5 Å². The Morgan fingerprint density at radius 1 is 1.14 bits per heavy atom. The minimum absolute atomic E-state index is 0.142. The minimum atomic E-state index is -0.228. The molecule has 0 spiro atoms. The number of hydrogen-bond acceptors (Lipinski definition) is 7. The van der Waals surface area contributed by atoms with Crippen molar-refractivity contribution < 1.29 is 14.3 Å². The third kappa shape index (κ3) is 6.46. The van der Waals surface area contributed by atoms with Crippen molar-refractivity contribution in [3.8, 4) is 16.9 Å². The molecule has 0 saturated carbocycles. The number of benzene rings is 2. The molecule has 0 unspecified atom stereocenters. The number of nitrogens with zero attached hydrogens (tertiary/aromatic N) is 3. The van der Waals surface area contributed by atoms with Crippen molar-refractivity contribution in [2.45, 2.75) is 20.3 Å². The molecule has 2 aromatic carbocycles. The SMILES string of the molecule is CCN(CC)CCCNC(=O)/C=C/c1cnc(N)c2c(-c3ccc(NC(=O)c4cc5ccccc5n4C)c(OC)c3)csc12. The number of rotatable bonds is 12. The zero-order valence-electron chi connectivity index (χ0n) is 25.5. The molecule has 0 bridgehead atoms. The van der Waals surface area contributed by atoms with E-state index < -0.39 is 0 Å². The highest BCUT2D eigenvalue weighted by molar-refractivity contribution is 7.18. The molecule has 5 aromatic rings. The Kier molecular flexibility index (Phi) is 9.62. The molecule has 9 nitrogen and oxygen atoms in total. The summed E-state index contributed by atoms with van der Waals surface area (Å²) in [6, 6.07) is 15.4. The van der Waals surface area contributed by atoms with Crippen LogP contribution in [0, 0.1) is 0 Å². The largest absolute Gasteiger partial charge is 0.495 e. The lowest BCUT2D eigenvalue weighted by Crippen LogP contribution is -2.29. The van der Waals surface area contributed by atoms with Gasteiger partial charge >= 0.3 is 0 Å². The first kappa shape index (κ1) is 30.8. The number of para-hydroxylation sites is 1. The summed E-state index contributed by atoms with van der Waals surface area (Å²) >= 11 is 1.54. The summed E-state index contributed by atoms with van der Waals surface area (Å²) in [7, 11) is 3.45. The van der Waals surface area contributed by atoms with Gasteiger partial charge in [-0.2, -0.15) is 0 Å². The molecule has 3 heterocycles. The van der Waals surface area contributed by atoms with Gasteiger partial charge in [0.1, 0.15) is 17.3 Å². The first-order chi connectivity index (χ1) is 21.3. The molecule has 0 saturated heterocycles. The number of nitrogen functional groups attached to an aromatic ring is 1. The quantitative estimate of drug-likeness (QED) is 0.115. The van der Waals surface area contributed by atoms with Gasteiger partial charge in [0.05, 0.1) is 12.8 Å². The maximum atomic E-state index is 13.2. The Balaban J connectivity index is 1.34. The molecule has 0 radical (unpaired) electrons. The number of amides is 2. The highest BCUT2D eigenvalue weighted by Crippen LogP contribution is 2.41. The van der Waals surface area contributed by atoms with Crippen LogP contribution in [-0.2, 0) is 11.8 Å². The van der Waals surface area contributed by atoms with E-state index in [1.807, 2.05) is 65.5 Å². The Morgan fingerprint density at radius 3 is 2.68 bits per heavy atom. The number of carbonyl (C=O) groups is 2. The van der Waals surface area contributed by atoms with Gasteiger partial charge in [0, 0.05) is 58.0 Å². The van der Waals surface area contributed by atoms with E-state index in [2.05, 4.69) is 34.4 Å². The molecule has 0 aliphatic heterocycles. The summed E-state index contributed by atoms with van der Waals surface area (Å²) in [5.41, 5.74) is 11.0. The monoisotopic (exact) mass is 610 g/mol. The first-order valence-corrected chi connectivity index (χ1v) is 15.6. The van der Waals surface area contributed by atoms with Crippen LogP contribution in [0.5, 0.6) is 5.75 Å². The molecular weight excluding hydrogens is 572 g/mol. The number of hydrogen-bond donors (Lipinski definition) is 3. The minimum Gasteiger partial charge on any atom is -0.495 e. The molecule has 10 heteroatoms. The highest BCUT2D eigenvalue weighted by Gasteiger charge is 2.18. The van der Waals surface area contributed by atoms with Gasteiger partial charge in [0.15, 0.2) is 0 Å². The van der Waals surface area contributed by atoms with E-state index in [1.165, 1.54) is 11.3 Å². The topological polar surface area (TPSA) is 115 Å². The predicted octanol–water partition coefficient (Wildman–Crippen LogP) is 6.16. The molecule has 5 rings (SSSR count). The molecule has 4 N–H and O–H groups in total. The van der Waals surface area contributed by atoms with E-state index in [0.717, 1.165) is 63.7 Å². The molecule has 0 atom stereocenters. The number of anilines is 2. The summed E-state index contributed by atoms with van der Waals surface area (Å²) in [5, 5.41) is 9.79. The van der Waals surface area contributed by atoms with Crippen LogP contribution in [0.3, 0.4) is 0 Å². The number of pyridine rings is 1. The Labute approximate surface area is 261 Å². The smallest absolute Gasteiger partial charge is 0.272 e. The third-order valence-electron chi connectivity index (χ3n) is 7.86. The Hall–Kier alpha value is -4.67. The van der Waals surface area contributed by atoms with E-state index in [0.29, 0.717) is 29.5 Å². The van der Waals surface area contributed by atoms with E-state index in [1.54, 1.807) is 25.5 Å². The molecule has 0 aliphatic rings. The van der Waals surface area contributed by atoms with Gasteiger partial charge in [-0.3, -0.25) is 9.59 Å². The van der Waals surface area contributed by atoms with Crippen molar-refractivity contribution >= 4 is 61.7 Å². The predicted molar refractivity (Wildman–Crippen MR) is 181 cm³/mol. The van der Waals surface area contributed by atoms with Gasteiger partial charge < -0.3 is 30.6 Å². The number of fused-ring (bicyclic) bond motifs is 2. The van der Waals surface area contributed by atoms with Crippen molar-refractivity contribution in [2.24, 2.45) is 7.05 Å². The maximum absolute atomic E-state index is 13.2. The number of carbonyl (C=O) groups excluding carboxylic acids is 2. The number of aromatic nitrogens is 2. The van der Waals surface area contributed by atoms with Crippen LogP contribution in [0.1, 0.15) is 36.3 Å². The number of nitrogens with two attached hydrogens (primary N) is 1. The number of methoxy groups -OCH3 is 1. The maximum Gasteiger partial charge on any atom is 0.272 e.